The predicted molar refractivity (Wildman–Crippen MR) is 139 cm³/mol. The van der Waals surface area contributed by atoms with E-state index in [1.165, 1.54) is 23.9 Å². The van der Waals surface area contributed by atoms with Crippen LogP contribution >= 0.6 is 35.0 Å². The fourth-order valence-electron chi connectivity index (χ4n) is 3.57. The Bertz CT molecular complexity index is 1300. The lowest BCUT2D eigenvalue weighted by molar-refractivity contribution is -0.121. The average molecular weight is 529 g/mol. The Labute approximate surface area is 217 Å². The van der Waals surface area contributed by atoms with Crippen LogP contribution < -0.4 is 5.32 Å². The van der Waals surface area contributed by atoms with Crippen LogP contribution in [0.3, 0.4) is 0 Å². The number of nitrogens with one attached hydrogen (secondary N) is 1. The molecule has 3 aromatic carbocycles. The molecule has 0 bridgehead atoms. The Balaban J connectivity index is 1.76. The van der Waals surface area contributed by atoms with E-state index in [2.05, 4.69) is 15.5 Å². The van der Waals surface area contributed by atoms with Gasteiger partial charge in [-0.1, -0.05) is 84.4 Å². The topological polar surface area (TPSA) is 59.8 Å². The summed E-state index contributed by atoms with van der Waals surface area (Å²) in [5, 5.41) is 13.6. The third kappa shape index (κ3) is 6.42. The molecule has 0 saturated carbocycles. The largest absolute Gasteiger partial charge is 0.346 e. The van der Waals surface area contributed by atoms with Crippen molar-refractivity contribution in [3.63, 3.8) is 0 Å². The van der Waals surface area contributed by atoms with E-state index in [0.29, 0.717) is 45.3 Å². The molecule has 180 valence electrons. The molecule has 0 radical (unpaired) electrons. The van der Waals surface area contributed by atoms with E-state index in [4.69, 9.17) is 23.2 Å². The number of halogens is 3. The average Bonchev–Trinajstić information content (AvgIpc) is 3.27. The van der Waals surface area contributed by atoms with E-state index in [1.807, 2.05) is 34.9 Å². The normalized spacial score (nSPS) is 11.9. The molecule has 0 fully saturated rings. The van der Waals surface area contributed by atoms with Crippen LogP contribution in [0.25, 0.3) is 5.69 Å². The molecule has 0 aliphatic rings. The Kier molecular flexibility index (Phi) is 8.44. The van der Waals surface area contributed by atoms with Gasteiger partial charge in [-0.05, 0) is 47.9 Å². The van der Waals surface area contributed by atoms with Crippen molar-refractivity contribution in [1.82, 2.24) is 20.1 Å². The summed E-state index contributed by atoms with van der Waals surface area (Å²) in [6, 6.07) is 21.0. The number of carbonyl (C=O) groups excluding carboxylic acids is 1. The Morgan fingerprint density at radius 3 is 2.46 bits per heavy atom. The molecular weight excluding hydrogens is 506 g/mol. The highest BCUT2D eigenvalue weighted by atomic mass is 35.5. The molecule has 5 nitrogen and oxygen atoms in total. The number of hydrogen-bond donors (Lipinski definition) is 1. The van der Waals surface area contributed by atoms with Crippen LogP contribution in [0.4, 0.5) is 4.39 Å². The molecule has 9 heteroatoms. The molecule has 1 aromatic heterocycles. The molecular formula is C26H23Cl2FN4OS. The minimum atomic E-state index is -0.440. The maximum absolute atomic E-state index is 13.3. The number of hydrogen-bond acceptors (Lipinski definition) is 4. The van der Waals surface area contributed by atoms with Gasteiger partial charge in [-0.15, -0.1) is 10.2 Å². The van der Waals surface area contributed by atoms with E-state index in [0.717, 1.165) is 11.1 Å². The van der Waals surface area contributed by atoms with Gasteiger partial charge in [-0.3, -0.25) is 9.36 Å². The monoisotopic (exact) mass is 528 g/mol. The van der Waals surface area contributed by atoms with Crippen LogP contribution in [0.2, 0.25) is 10.0 Å². The number of amides is 1. The van der Waals surface area contributed by atoms with Crippen LogP contribution in [0.15, 0.2) is 78.0 Å². The summed E-state index contributed by atoms with van der Waals surface area (Å²) in [5.41, 5.74) is 2.64. The van der Waals surface area contributed by atoms with Gasteiger partial charge in [0.1, 0.15) is 5.82 Å². The number of carbonyl (C=O) groups is 1. The number of benzene rings is 3. The number of thioether (sulfide) groups is 1. The first-order valence-corrected chi connectivity index (χ1v) is 12.8. The molecule has 4 aromatic rings. The van der Waals surface area contributed by atoms with E-state index in [1.54, 1.807) is 37.3 Å². The third-order valence-electron chi connectivity index (χ3n) is 5.34. The minimum Gasteiger partial charge on any atom is -0.346 e. The van der Waals surface area contributed by atoms with Gasteiger partial charge in [-0.25, -0.2) is 4.39 Å². The molecule has 35 heavy (non-hydrogen) atoms. The Morgan fingerprint density at radius 1 is 1.03 bits per heavy atom. The van der Waals surface area contributed by atoms with Crippen molar-refractivity contribution < 1.29 is 9.18 Å². The molecule has 0 aliphatic carbocycles. The van der Waals surface area contributed by atoms with Crippen molar-refractivity contribution in [2.45, 2.75) is 36.7 Å². The lowest BCUT2D eigenvalue weighted by Crippen LogP contribution is -2.31. The summed E-state index contributed by atoms with van der Waals surface area (Å²) < 4.78 is 15.2. The smallest absolute Gasteiger partial charge is 0.220 e. The summed E-state index contributed by atoms with van der Waals surface area (Å²) in [5.74, 6) is 0.728. The highest BCUT2D eigenvalue weighted by Gasteiger charge is 2.25. The van der Waals surface area contributed by atoms with Crippen LogP contribution in [0.5, 0.6) is 0 Å². The molecule has 0 aliphatic heterocycles. The molecule has 0 saturated heterocycles. The van der Waals surface area contributed by atoms with Crippen LogP contribution in [-0.2, 0) is 17.0 Å². The van der Waals surface area contributed by atoms with Gasteiger partial charge in [0, 0.05) is 17.2 Å². The third-order valence-corrected chi connectivity index (χ3v) is 6.88. The van der Waals surface area contributed by atoms with Gasteiger partial charge >= 0.3 is 0 Å². The quantitative estimate of drug-likeness (QED) is 0.242. The SMILES string of the molecule is CCC(=O)NC(Cc1ccccc1)c1nnc(SCc2ccc(F)cc2)n1-c1ccc(Cl)cc1Cl. The lowest BCUT2D eigenvalue weighted by atomic mass is 10.0. The van der Waals surface area contributed by atoms with Crippen molar-refractivity contribution in [1.29, 1.82) is 0 Å². The summed E-state index contributed by atoms with van der Waals surface area (Å²) >= 11 is 14.2. The zero-order chi connectivity index (χ0) is 24.8. The van der Waals surface area contributed by atoms with Crippen molar-refractivity contribution in [2.75, 3.05) is 0 Å². The molecule has 1 unspecified atom stereocenters. The summed E-state index contributed by atoms with van der Waals surface area (Å²) in [4.78, 5) is 12.4. The second-order valence-corrected chi connectivity index (χ2v) is 9.64. The van der Waals surface area contributed by atoms with Crippen molar-refractivity contribution in [3.8, 4) is 5.69 Å². The predicted octanol–water partition coefficient (Wildman–Crippen LogP) is 6.82. The molecule has 4 rings (SSSR count). The first kappa shape index (κ1) is 25.2. The van der Waals surface area contributed by atoms with E-state index < -0.39 is 6.04 Å². The van der Waals surface area contributed by atoms with Crippen LogP contribution in [0, 0.1) is 5.82 Å². The Morgan fingerprint density at radius 2 is 1.77 bits per heavy atom. The van der Waals surface area contributed by atoms with Gasteiger partial charge in [0.25, 0.3) is 0 Å². The zero-order valence-electron chi connectivity index (χ0n) is 18.9. The van der Waals surface area contributed by atoms with E-state index in [9.17, 15) is 9.18 Å². The molecule has 1 heterocycles. The fraction of sp³-hybridized carbons (Fsp3) is 0.192. The lowest BCUT2D eigenvalue weighted by Gasteiger charge is -2.20. The summed E-state index contributed by atoms with van der Waals surface area (Å²) in [6.07, 6.45) is 0.867. The molecule has 1 N–H and O–H groups in total. The highest BCUT2D eigenvalue weighted by Crippen LogP contribution is 2.33. The van der Waals surface area contributed by atoms with E-state index in [-0.39, 0.29) is 11.7 Å². The first-order valence-electron chi connectivity index (χ1n) is 11.1. The molecule has 1 amide bonds. The van der Waals surface area contributed by atoms with Gasteiger partial charge in [0.2, 0.25) is 5.91 Å². The summed E-state index contributed by atoms with van der Waals surface area (Å²) in [6.45, 7) is 1.81. The standard InChI is InChI=1S/C26H23Cl2FN4OS/c1-2-24(34)30-22(14-17-6-4-3-5-7-17)25-31-32-26(35-16-18-8-11-20(29)12-9-18)33(25)23-13-10-19(27)15-21(23)28/h3-13,15,22H,2,14,16H2,1H3,(H,30,34). The van der Waals surface area contributed by atoms with Gasteiger partial charge in [0.15, 0.2) is 11.0 Å². The number of nitrogens with zero attached hydrogens (tertiary/aromatic N) is 3. The van der Waals surface area contributed by atoms with Crippen LogP contribution in [0.1, 0.15) is 36.3 Å². The maximum Gasteiger partial charge on any atom is 0.220 e. The van der Waals surface area contributed by atoms with Gasteiger partial charge < -0.3 is 5.32 Å². The Hall–Kier alpha value is -2.87. The highest BCUT2D eigenvalue weighted by molar-refractivity contribution is 7.98. The van der Waals surface area contributed by atoms with Crippen molar-refractivity contribution >= 4 is 40.9 Å². The van der Waals surface area contributed by atoms with Crippen molar-refractivity contribution in [3.05, 3.63) is 106 Å². The maximum atomic E-state index is 13.3. The van der Waals surface area contributed by atoms with Crippen LogP contribution in [-0.4, -0.2) is 20.7 Å². The summed E-state index contributed by atoms with van der Waals surface area (Å²) in [7, 11) is 0. The second-order valence-electron chi connectivity index (χ2n) is 7.85. The second kappa shape index (κ2) is 11.7. The fourth-order valence-corrected chi connectivity index (χ4v) is 4.97. The van der Waals surface area contributed by atoms with Gasteiger partial charge in [0.05, 0.1) is 16.8 Å². The molecule has 1 atom stereocenters. The van der Waals surface area contributed by atoms with E-state index >= 15 is 0 Å². The minimum absolute atomic E-state index is 0.0943. The first-order chi connectivity index (χ1) is 16.9. The number of aromatic nitrogens is 3. The zero-order valence-corrected chi connectivity index (χ0v) is 21.2. The van der Waals surface area contributed by atoms with Crippen molar-refractivity contribution in [2.24, 2.45) is 0 Å². The number of rotatable bonds is 9. The van der Waals surface area contributed by atoms with Gasteiger partial charge in [-0.2, -0.15) is 0 Å². The molecule has 0 spiro atoms.